The molecule has 0 aliphatic heterocycles. The van der Waals surface area contributed by atoms with Crippen LogP contribution in [-0.2, 0) is 75.2 Å². The van der Waals surface area contributed by atoms with Crippen molar-refractivity contribution in [3.63, 3.8) is 0 Å². The number of benzene rings is 2. The molecule has 0 heterocycles. The summed E-state index contributed by atoms with van der Waals surface area (Å²) in [5, 5.41) is 37.5. The Kier molecular flexibility index (Phi) is 38.6. The molecular weight excluding hydrogens is 1320 g/mol. The number of guanidine groups is 2. The molecule has 2 rings (SSSR count). The SMILES string of the molecule is CC(C)[C@H](NC(=O)[C@H](CS)NC(=O)[C@@H](NC(=O)[C@H](CCCN=C(N)N)NC(=O)[C@H](CCCCN)NC(=O)CNC(=O)[C@H](CC(N)=O)NC(=O)[C@H](CS)NC(=O)[C@H](Cc1ccc(O)cc1)NC(=O)Cc1ccccc1)C(C)C)C(=O)N[C@@H](CS)C(=O)N[C@@H](CCCN=C(N)N)C(N)=O. The van der Waals surface area contributed by atoms with Crippen LogP contribution in [0, 0.1) is 11.8 Å². The van der Waals surface area contributed by atoms with Crippen LogP contribution in [0.5, 0.6) is 5.75 Å². The average molecular weight is 1420 g/mol. The van der Waals surface area contributed by atoms with Crippen molar-refractivity contribution in [1.29, 1.82) is 0 Å². The number of aliphatic imine (C=N–C) groups is 2. The summed E-state index contributed by atoms with van der Waals surface area (Å²) in [6.45, 7) is 5.85. The molecule has 0 radical (unpaired) electrons. The van der Waals surface area contributed by atoms with Gasteiger partial charge in [-0.3, -0.25) is 72.3 Å². The van der Waals surface area contributed by atoms with Gasteiger partial charge in [-0.15, -0.1) is 0 Å². The highest BCUT2D eigenvalue weighted by Gasteiger charge is 2.36. The van der Waals surface area contributed by atoms with Gasteiger partial charge in [0.2, 0.25) is 76.8 Å². The quantitative estimate of drug-likeness (QED) is 0.0127. The van der Waals surface area contributed by atoms with Gasteiger partial charge >= 0.3 is 0 Å². The topological polar surface area (TPSA) is 581 Å². The molecule has 10 atom stereocenters. The van der Waals surface area contributed by atoms with Gasteiger partial charge in [0.15, 0.2) is 11.9 Å². The number of hydrogen-bond acceptors (Lipinski definition) is 20. The van der Waals surface area contributed by atoms with Crippen molar-refractivity contribution in [2.45, 2.75) is 152 Å². The lowest BCUT2D eigenvalue weighted by Gasteiger charge is -2.29. The van der Waals surface area contributed by atoms with Gasteiger partial charge in [-0.05, 0) is 86.6 Å². The number of primary amides is 2. The number of aromatic hydroxyl groups is 1. The largest absolute Gasteiger partial charge is 0.508 e. The van der Waals surface area contributed by atoms with Gasteiger partial charge in [-0.1, -0.05) is 70.2 Å². The lowest BCUT2D eigenvalue weighted by atomic mass is 10.0. The molecule has 0 aliphatic carbocycles. The van der Waals surface area contributed by atoms with E-state index in [4.69, 9.17) is 40.1 Å². The van der Waals surface area contributed by atoms with Crippen molar-refractivity contribution in [2.24, 2.45) is 62.0 Å². The van der Waals surface area contributed by atoms with Gasteiger partial charge in [-0.25, -0.2) is 0 Å². The smallest absolute Gasteiger partial charge is 0.244 e. The summed E-state index contributed by atoms with van der Waals surface area (Å²) < 4.78 is 0. The number of hydrogen-bond donors (Lipinski definition) is 22. The van der Waals surface area contributed by atoms with E-state index in [1.165, 1.54) is 24.3 Å². The Labute approximate surface area is 579 Å². The van der Waals surface area contributed by atoms with Crippen molar-refractivity contribution < 1.29 is 67.4 Å². The molecule has 97 heavy (non-hydrogen) atoms. The number of nitrogens with two attached hydrogens (primary N) is 7. The van der Waals surface area contributed by atoms with Gasteiger partial charge in [0.25, 0.3) is 0 Å². The standard InChI is InChI=1S/C60H96N20O14S3/c1-31(2)47(57(93)78-43(30-97)56(92)80-48(32(3)4)58(94)77-42(29-96)54(90)73-36(49(63)85)15-10-22-68-59(64)65)79-52(88)38(16-11-23-69-60(66)67)74-51(87)37(14-8-9-21-61)71-46(84)27-70-50(86)40(26-44(62)82)75-55(91)41(28-95)76-53(89)39(24-34-17-19-35(81)20-18-34)72-45(83)25-33-12-6-5-7-13-33/h5-7,12-13,17-20,31-32,36-43,47-48,81,95-97H,8-11,14-16,21-30,61H2,1-4H3,(H2,62,82)(H2,63,85)(H,70,86)(H,71,84)(H,72,83)(H,73,90)(H,74,87)(H,75,91)(H,76,89)(H,77,94)(H,78,93)(H,79,88)(H,80,92)(H4,64,65,68)(H4,66,67,69)/t36-,37-,38-,39-,40-,41-,42-,43-,47-,48-/m0/s1. The van der Waals surface area contributed by atoms with Gasteiger partial charge in [0.05, 0.1) is 19.4 Å². The van der Waals surface area contributed by atoms with Crippen molar-refractivity contribution >= 4 is 127 Å². The third kappa shape index (κ3) is 32.5. The number of carbonyl (C=O) groups excluding carboxylic acids is 13. The first-order valence-corrected chi connectivity index (χ1v) is 33.1. The highest BCUT2D eigenvalue weighted by Crippen LogP contribution is 2.14. The molecule has 34 nitrogen and oxygen atoms in total. The van der Waals surface area contributed by atoms with Gasteiger partial charge in [-0.2, -0.15) is 37.9 Å². The zero-order valence-corrected chi connectivity index (χ0v) is 57.4. The van der Waals surface area contributed by atoms with Crippen LogP contribution in [0.2, 0.25) is 0 Å². The monoisotopic (exact) mass is 1420 g/mol. The van der Waals surface area contributed by atoms with Gasteiger partial charge in [0, 0.05) is 36.8 Å². The fourth-order valence-electron chi connectivity index (χ4n) is 9.15. The van der Waals surface area contributed by atoms with Crippen LogP contribution >= 0.6 is 37.9 Å². The molecule has 0 bridgehead atoms. The lowest BCUT2D eigenvalue weighted by molar-refractivity contribution is -0.136. The van der Waals surface area contributed by atoms with Crippen LogP contribution in [0.15, 0.2) is 64.6 Å². The number of unbranched alkanes of at least 4 members (excludes halogenated alkanes) is 1. The summed E-state index contributed by atoms with van der Waals surface area (Å²) in [7, 11) is 0. The second-order valence-electron chi connectivity index (χ2n) is 23.1. The zero-order chi connectivity index (χ0) is 72.9. The molecular formula is C60H96N20O14S3. The van der Waals surface area contributed by atoms with Crippen LogP contribution in [0.1, 0.15) is 90.2 Å². The summed E-state index contributed by atoms with van der Waals surface area (Å²) in [4.78, 5) is 184. The first kappa shape index (κ1) is 84.0. The fraction of sp³-hybridized carbons (Fsp3) is 0.550. The zero-order valence-electron chi connectivity index (χ0n) is 54.7. The molecule has 13 amide bonds. The number of rotatable bonds is 45. The van der Waals surface area contributed by atoms with Gasteiger partial charge in [0.1, 0.15) is 66.2 Å². The van der Waals surface area contributed by atoms with Crippen LogP contribution in [0.4, 0.5) is 0 Å². The number of phenols is 1. The second-order valence-corrected chi connectivity index (χ2v) is 24.2. The number of nitrogens with one attached hydrogen (secondary N) is 11. The Morgan fingerprint density at radius 1 is 0.433 bits per heavy atom. The summed E-state index contributed by atoms with van der Waals surface area (Å²) in [5.74, 6) is -14.2. The summed E-state index contributed by atoms with van der Waals surface area (Å²) in [5.41, 5.74) is 39.6. The van der Waals surface area contributed by atoms with E-state index >= 15 is 0 Å². The van der Waals surface area contributed by atoms with Crippen LogP contribution < -0.4 is 98.6 Å². The maximum Gasteiger partial charge on any atom is 0.244 e. The molecule has 26 N–H and O–H groups in total. The number of amides is 13. The maximum absolute atomic E-state index is 14.3. The maximum atomic E-state index is 14.3. The van der Waals surface area contributed by atoms with E-state index in [-0.39, 0.29) is 106 Å². The minimum atomic E-state index is -1.72. The summed E-state index contributed by atoms with van der Waals surface area (Å²) in [6.07, 6.45) is -0.0704. The molecule has 37 heteroatoms. The summed E-state index contributed by atoms with van der Waals surface area (Å²) >= 11 is 12.7. The van der Waals surface area contributed by atoms with E-state index in [1.807, 2.05) is 0 Å². The molecule has 0 saturated carbocycles. The minimum absolute atomic E-state index is 0.0134. The Morgan fingerprint density at radius 2 is 0.835 bits per heavy atom. The highest BCUT2D eigenvalue weighted by molar-refractivity contribution is 7.80. The number of phenolic OH excluding ortho intramolecular Hbond substituents is 1. The summed E-state index contributed by atoms with van der Waals surface area (Å²) in [6, 6.07) is 0.676. The minimum Gasteiger partial charge on any atom is -0.508 e. The third-order valence-corrected chi connectivity index (χ3v) is 15.5. The van der Waals surface area contributed by atoms with E-state index < -0.39 is 162 Å². The number of nitrogens with zero attached hydrogens (tertiary/aromatic N) is 2. The first-order chi connectivity index (χ1) is 45.8. The Hall–Kier alpha value is -9.10. The fourth-order valence-corrected chi connectivity index (χ4v) is 9.92. The van der Waals surface area contributed by atoms with Crippen LogP contribution in [-0.4, -0.2) is 198 Å². The van der Waals surface area contributed by atoms with Crippen LogP contribution in [0.3, 0.4) is 0 Å². The van der Waals surface area contributed by atoms with Crippen LogP contribution in [0.25, 0.3) is 0 Å². The molecule has 0 spiro atoms. The molecule has 0 saturated heterocycles. The molecule has 0 aromatic heterocycles. The van der Waals surface area contributed by atoms with Crippen molar-refractivity contribution in [3.05, 3.63) is 65.7 Å². The molecule has 0 fully saturated rings. The Morgan fingerprint density at radius 3 is 1.30 bits per heavy atom. The second kappa shape index (κ2) is 44.6. The van der Waals surface area contributed by atoms with Gasteiger partial charge < -0.3 is 104 Å². The van der Waals surface area contributed by atoms with E-state index in [9.17, 15) is 67.4 Å². The lowest BCUT2D eigenvalue weighted by Crippen LogP contribution is -2.62. The van der Waals surface area contributed by atoms with E-state index in [0.29, 0.717) is 17.5 Å². The van der Waals surface area contributed by atoms with E-state index in [0.717, 1.165) is 0 Å². The van der Waals surface area contributed by atoms with E-state index in [1.54, 1.807) is 58.0 Å². The number of thiol groups is 3. The Balaban J connectivity index is 2.29. The predicted molar refractivity (Wildman–Crippen MR) is 371 cm³/mol. The van der Waals surface area contributed by atoms with Crippen molar-refractivity contribution in [2.75, 3.05) is 43.4 Å². The predicted octanol–water partition coefficient (Wildman–Crippen LogP) is -6.16. The normalized spacial score (nSPS) is 14.0. The Bertz CT molecular complexity index is 3030. The molecule has 2 aromatic carbocycles. The molecule has 0 unspecified atom stereocenters. The highest BCUT2D eigenvalue weighted by atomic mass is 32.1. The van der Waals surface area contributed by atoms with Crippen molar-refractivity contribution in [3.8, 4) is 5.75 Å². The third-order valence-electron chi connectivity index (χ3n) is 14.4. The average Bonchev–Trinajstić information content (AvgIpc) is 1.08. The molecule has 0 aliphatic rings. The first-order valence-electron chi connectivity index (χ1n) is 31.2. The number of carbonyl (C=O) groups is 13. The van der Waals surface area contributed by atoms with E-state index in [2.05, 4.69) is 106 Å². The molecule has 2 aromatic rings. The van der Waals surface area contributed by atoms with Crippen molar-refractivity contribution in [1.82, 2.24) is 58.5 Å². The molecule has 538 valence electrons.